The zero-order chi connectivity index (χ0) is 23.5. The van der Waals surface area contributed by atoms with E-state index >= 15 is 0 Å². The molecule has 1 N–H and O–H groups in total. The van der Waals surface area contributed by atoms with E-state index < -0.39 is 15.1 Å². The summed E-state index contributed by atoms with van der Waals surface area (Å²) in [5, 5.41) is 11.0. The van der Waals surface area contributed by atoms with Gasteiger partial charge in [-0.3, -0.25) is 4.98 Å². The number of nitrogens with one attached hydrogen (secondary N) is 1. The van der Waals surface area contributed by atoms with Gasteiger partial charge in [0.15, 0.2) is 9.84 Å². The second-order valence-electron chi connectivity index (χ2n) is 8.16. The van der Waals surface area contributed by atoms with Crippen molar-refractivity contribution in [2.75, 3.05) is 20.3 Å². The molecule has 0 radical (unpaired) electrons. The van der Waals surface area contributed by atoms with Gasteiger partial charge in [-0.25, -0.2) is 8.42 Å². The first kappa shape index (κ1) is 22.4. The first-order chi connectivity index (χ1) is 16.5. The van der Waals surface area contributed by atoms with Gasteiger partial charge >= 0.3 is 0 Å². The standard InChI is InChI=1S/C25H24N4O4S/c1-26-13-17-2-4-19(5-3-17)24-28-29-25(33-24)21-12-20(14-27-15-21)18-6-8-22(9-7-18)34(30,31)23-10-11-32-16-23/h2-9,12,14-15,23,26H,10-11,13,16H2,1H3. The monoisotopic (exact) mass is 476 g/mol. The summed E-state index contributed by atoms with van der Waals surface area (Å²) in [5.41, 5.74) is 4.35. The first-order valence-electron chi connectivity index (χ1n) is 11.0. The second-order valence-corrected chi connectivity index (χ2v) is 10.4. The molecule has 1 fully saturated rings. The summed E-state index contributed by atoms with van der Waals surface area (Å²) in [6.45, 7) is 1.53. The molecule has 2 aromatic heterocycles. The summed E-state index contributed by atoms with van der Waals surface area (Å²) in [7, 11) is -1.49. The lowest BCUT2D eigenvalue weighted by Crippen LogP contribution is -2.21. The van der Waals surface area contributed by atoms with Gasteiger partial charge in [0.05, 0.1) is 22.3 Å². The smallest absolute Gasteiger partial charge is 0.249 e. The largest absolute Gasteiger partial charge is 0.416 e. The summed E-state index contributed by atoms with van der Waals surface area (Å²) >= 11 is 0. The molecule has 8 nitrogen and oxygen atoms in total. The highest BCUT2D eigenvalue weighted by Crippen LogP contribution is 2.29. The molecule has 1 saturated heterocycles. The van der Waals surface area contributed by atoms with Gasteiger partial charge in [0.25, 0.3) is 0 Å². The third-order valence-corrected chi connectivity index (χ3v) is 8.01. The molecule has 34 heavy (non-hydrogen) atoms. The number of hydrogen-bond acceptors (Lipinski definition) is 8. The normalized spacial score (nSPS) is 16.1. The lowest BCUT2D eigenvalue weighted by atomic mass is 10.1. The topological polar surface area (TPSA) is 107 Å². The Morgan fingerprint density at radius 3 is 2.26 bits per heavy atom. The Kier molecular flexibility index (Phi) is 6.23. The fourth-order valence-electron chi connectivity index (χ4n) is 3.93. The molecule has 0 bridgehead atoms. The molecule has 0 aliphatic carbocycles. The minimum Gasteiger partial charge on any atom is -0.416 e. The number of benzene rings is 2. The molecule has 9 heteroatoms. The van der Waals surface area contributed by atoms with E-state index in [1.807, 2.05) is 37.4 Å². The number of nitrogens with zero attached hydrogens (tertiary/aromatic N) is 3. The van der Waals surface area contributed by atoms with Crippen molar-refractivity contribution in [3.8, 4) is 34.0 Å². The van der Waals surface area contributed by atoms with Crippen LogP contribution in [0, 0.1) is 0 Å². The van der Waals surface area contributed by atoms with Crippen LogP contribution in [-0.4, -0.2) is 49.1 Å². The highest BCUT2D eigenvalue weighted by atomic mass is 32.2. The van der Waals surface area contributed by atoms with Crippen LogP contribution < -0.4 is 5.32 Å². The lowest BCUT2D eigenvalue weighted by Gasteiger charge is -2.10. The van der Waals surface area contributed by atoms with Crippen LogP contribution in [0.5, 0.6) is 0 Å². The van der Waals surface area contributed by atoms with Crippen LogP contribution in [0.25, 0.3) is 34.0 Å². The van der Waals surface area contributed by atoms with Crippen LogP contribution in [0.1, 0.15) is 12.0 Å². The molecule has 0 saturated carbocycles. The number of rotatable bonds is 7. The summed E-state index contributed by atoms with van der Waals surface area (Å²) in [6, 6.07) is 16.7. The number of sulfone groups is 1. The molecule has 4 aromatic rings. The lowest BCUT2D eigenvalue weighted by molar-refractivity contribution is 0.198. The average Bonchev–Trinajstić information content (AvgIpc) is 3.58. The first-order valence-corrected chi connectivity index (χ1v) is 12.5. The Morgan fingerprint density at radius 1 is 0.912 bits per heavy atom. The van der Waals surface area contributed by atoms with Crippen LogP contribution in [0.4, 0.5) is 0 Å². The van der Waals surface area contributed by atoms with Gasteiger partial charge in [-0.15, -0.1) is 10.2 Å². The minimum atomic E-state index is -3.40. The molecule has 5 rings (SSSR count). The maximum atomic E-state index is 12.8. The molecule has 1 atom stereocenters. The highest BCUT2D eigenvalue weighted by molar-refractivity contribution is 7.92. The van der Waals surface area contributed by atoms with E-state index in [0.717, 1.165) is 23.2 Å². The SMILES string of the molecule is CNCc1ccc(-c2nnc(-c3cncc(-c4ccc(S(=O)(=O)C5CCOC5)cc4)c3)o2)cc1. The molecule has 174 valence electrons. The van der Waals surface area contributed by atoms with Crippen LogP contribution in [0.2, 0.25) is 0 Å². The fourth-order valence-corrected chi connectivity index (χ4v) is 5.51. The predicted octanol–water partition coefficient (Wildman–Crippen LogP) is 3.75. The Balaban J connectivity index is 1.37. The Hall–Kier alpha value is -3.40. The van der Waals surface area contributed by atoms with Crippen molar-refractivity contribution < 1.29 is 17.6 Å². The number of ether oxygens (including phenoxy) is 1. The van der Waals surface area contributed by atoms with E-state index in [0.29, 0.717) is 35.3 Å². The van der Waals surface area contributed by atoms with Gasteiger partial charge in [-0.1, -0.05) is 24.3 Å². The molecule has 3 heterocycles. The van der Waals surface area contributed by atoms with Crippen molar-refractivity contribution in [3.63, 3.8) is 0 Å². The summed E-state index contributed by atoms with van der Waals surface area (Å²) in [5.74, 6) is 0.797. The zero-order valence-electron chi connectivity index (χ0n) is 18.6. The highest BCUT2D eigenvalue weighted by Gasteiger charge is 2.31. The van der Waals surface area contributed by atoms with Gasteiger partial charge in [-0.2, -0.15) is 0 Å². The summed E-state index contributed by atoms with van der Waals surface area (Å²) < 4.78 is 36.7. The van der Waals surface area contributed by atoms with Crippen LogP contribution in [-0.2, 0) is 21.1 Å². The van der Waals surface area contributed by atoms with Crippen molar-refractivity contribution in [1.29, 1.82) is 0 Å². The quantitative estimate of drug-likeness (QED) is 0.430. The van der Waals surface area contributed by atoms with E-state index in [2.05, 4.69) is 20.5 Å². The second kappa shape index (κ2) is 9.46. The van der Waals surface area contributed by atoms with Crippen molar-refractivity contribution in [2.24, 2.45) is 0 Å². The van der Waals surface area contributed by atoms with Crippen molar-refractivity contribution in [3.05, 3.63) is 72.6 Å². The van der Waals surface area contributed by atoms with E-state index in [-0.39, 0.29) is 6.61 Å². The van der Waals surface area contributed by atoms with Gasteiger partial charge < -0.3 is 14.5 Å². The summed E-state index contributed by atoms with van der Waals surface area (Å²) in [4.78, 5) is 4.62. The number of pyridine rings is 1. The Morgan fingerprint density at radius 2 is 1.59 bits per heavy atom. The minimum absolute atomic E-state index is 0.252. The van der Waals surface area contributed by atoms with E-state index in [9.17, 15) is 8.42 Å². The summed E-state index contributed by atoms with van der Waals surface area (Å²) in [6.07, 6.45) is 3.91. The number of aromatic nitrogens is 3. The van der Waals surface area contributed by atoms with Gasteiger partial charge in [-0.05, 0) is 54.9 Å². The maximum Gasteiger partial charge on any atom is 0.249 e. The molecule has 0 amide bonds. The molecule has 1 aliphatic rings. The molecule has 1 aliphatic heterocycles. The van der Waals surface area contributed by atoms with Crippen molar-refractivity contribution >= 4 is 9.84 Å². The van der Waals surface area contributed by atoms with Gasteiger partial charge in [0.1, 0.15) is 0 Å². The van der Waals surface area contributed by atoms with E-state index in [1.54, 1.807) is 36.7 Å². The molecular weight excluding hydrogens is 452 g/mol. The molecule has 2 aromatic carbocycles. The van der Waals surface area contributed by atoms with Gasteiger partial charge in [0.2, 0.25) is 11.8 Å². The van der Waals surface area contributed by atoms with E-state index in [1.165, 1.54) is 5.56 Å². The average molecular weight is 477 g/mol. The Labute approximate surface area is 197 Å². The zero-order valence-corrected chi connectivity index (χ0v) is 19.5. The maximum absolute atomic E-state index is 12.8. The van der Waals surface area contributed by atoms with E-state index in [4.69, 9.17) is 9.15 Å². The molecular formula is C25H24N4O4S. The van der Waals surface area contributed by atoms with Crippen molar-refractivity contribution in [1.82, 2.24) is 20.5 Å². The molecule has 1 unspecified atom stereocenters. The van der Waals surface area contributed by atoms with Crippen molar-refractivity contribution in [2.45, 2.75) is 23.1 Å². The number of hydrogen-bond donors (Lipinski definition) is 1. The molecule has 0 spiro atoms. The van der Waals surface area contributed by atoms with Crippen LogP contribution in [0.3, 0.4) is 0 Å². The third kappa shape index (κ3) is 4.50. The van der Waals surface area contributed by atoms with Gasteiger partial charge in [0, 0.05) is 36.7 Å². The Bertz CT molecular complexity index is 1380. The fraction of sp³-hybridized carbons (Fsp3) is 0.240. The van der Waals surface area contributed by atoms with Crippen LogP contribution >= 0.6 is 0 Å². The predicted molar refractivity (Wildman–Crippen MR) is 128 cm³/mol. The third-order valence-electron chi connectivity index (χ3n) is 5.83. The van der Waals surface area contributed by atoms with Crippen LogP contribution in [0.15, 0.2) is 76.3 Å².